The first-order valence-corrected chi connectivity index (χ1v) is 12.3. The van der Waals surface area contributed by atoms with Crippen LogP contribution in [-0.4, -0.2) is 34.4 Å². The number of oxazole rings is 1. The average Bonchev–Trinajstić information content (AvgIpc) is 3.16. The summed E-state index contributed by atoms with van der Waals surface area (Å²) >= 11 is 0. The third-order valence-corrected chi connectivity index (χ3v) is 6.11. The van der Waals surface area contributed by atoms with Crippen LogP contribution in [-0.2, 0) is 9.59 Å². The summed E-state index contributed by atoms with van der Waals surface area (Å²) < 4.78 is 4.95. The van der Waals surface area contributed by atoms with Crippen LogP contribution in [0.25, 0.3) is 6.08 Å². The monoisotopic (exact) mass is 472 g/mol. The Morgan fingerprint density at radius 1 is 1.21 bits per heavy atom. The predicted octanol–water partition coefficient (Wildman–Crippen LogP) is 5.67. The smallest absolute Gasteiger partial charge is 0.222 e. The van der Waals surface area contributed by atoms with Crippen LogP contribution in [0.4, 0.5) is 0 Å². The minimum Gasteiger partial charge on any atom is -0.449 e. The maximum absolute atomic E-state index is 12.8. The lowest BCUT2D eigenvalue weighted by Crippen LogP contribution is -2.43. The number of hydrogen-bond donors (Lipinski definition) is 2. The van der Waals surface area contributed by atoms with E-state index in [1.54, 1.807) is 20.1 Å². The fourth-order valence-corrected chi connectivity index (χ4v) is 4.06. The molecule has 0 aliphatic carbocycles. The van der Waals surface area contributed by atoms with Crippen LogP contribution in [0.3, 0.4) is 0 Å². The van der Waals surface area contributed by atoms with Gasteiger partial charge < -0.3 is 14.8 Å². The maximum Gasteiger partial charge on any atom is 0.222 e. The number of hydrogen-bond acceptors (Lipinski definition) is 5. The van der Waals surface area contributed by atoms with E-state index in [0.29, 0.717) is 18.4 Å². The quantitative estimate of drug-likeness (QED) is 0.549. The number of nitrogens with one attached hydrogen (secondary N) is 1. The molecule has 34 heavy (non-hydrogen) atoms. The van der Waals surface area contributed by atoms with Gasteiger partial charge in [0.1, 0.15) is 17.7 Å². The zero-order chi connectivity index (χ0) is 25.9. The van der Waals surface area contributed by atoms with Gasteiger partial charge in [-0.3, -0.25) is 9.59 Å². The highest BCUT2D eigenvalue weighted by Gasteiger charge is 2.39. The summed E-state index contributed by atoms with van der Waals surface area (Å²) in [7, 11) is 0. The molecular weight excluding hydrogens is 428 g/mol. The van der Waals surface area contributed by atoms with Crippen molar-refractivity contribution in [3.63, 3.8) is 0 Å². The van der Waals surface area contributed by atoms with Gasteiger partial charge in [-0.15, -0.1) is 0 Å². The van der Waals surface area contributed by atoms with E-state index in [1.807, 2.05) is 32.9 Å². The summed E-state index contributed by atoms with van der Waals surface area (Å²) in [5, 5.41) is 13.3. The number of aliphatic hydroxyl groups excluding tert-OH is 1. The number of carbonyl (C=O) groups is 2. The van der Waals surface area contributed by atoms with Gasteiger partial charge in [-0.25, -0.2) is 4.98 Å². The first-order valence-electron chi connectivity index (χ1n) is 12.3. The molecule has 1 aliphatic heterocycles. The molecule has 6 nitrogen and oxygen atoms in total. The zero-order valence-corrected chi connectivity index (χ0v) is 22.2. The maximum atomic E-state index is 12.8. The number of nitrogens with zero attached hydrogens (tertiary/aromatic N) is 1. The third-order valence-electron chi connectivity index (χ3n) is 6.11. The highest BCUT2D eigenvalue weighted by molar-refractivity contribution is 5.87. The van der Waals surface area contributed by atoms with Crippen molar-refractivity contribution >= 4 is 17.8 Å². The first kappa shape index (κ1) is 29.6. The van der Waals surface area contributed by atoms with E-state index in [4.69, 9.17) is 4.42 Å². The largest absolute Gasteiger partial charge is 0.449 e. The Morgan fingerprint density at radius 2 is 1.88 bits per heavy atom. The minimum absolute atomic E-state index is 0.0279. The van der Waals surface area contributed by atoms with Gasteiger partial charge in [0.25, 0.3) is 0 Å². The Hall–Kier alpha value is -2.47. The molecule has 0 radical (unpaired) electrons. The molecular formula is C28H44N2O4. The van der Waals surface area contributed by atoms with Crippen LogP contribution in [0.5, 0.6) is 0 Å². The Kier molecular flexibility index (Phi) is 12.2. The third kappa shape index (κ3) is 10.2. The van der Waals surface area contributed by atoms with Gasteiger partial charge >= 0.3 is 0 Å². The second kappa shape index (κ2) is 14.1. The number of aromatic nitrogens is 1. The highest BCUT2D eigenvalue weighted by atomic mass is 16.3. The number of rotatable bonds is 1. The molecule has 0 aromatic carbocycles. The molecule has 1 aliphatic rings. The van der Waals surface area contributed by atoms with Gasteiger partial charge in [0.15, 0.2) is 5.89 Å². The number of carbonyl (C=O) groups excluding carboxylic acids is 2. The van der Waals surface area contributed by atoms with E-state index in [0.717, 1.165) is 18.5 Å². The van der Waals surface area contributed by atoms with Crippen LogP contribution in [0.15, 0.2) is 40.6 Å². The van der Waals surface area contributed by atoms with Crippen LogP contribution in [0.1, 0.15) is 79.3 Å². The minimum atomic E-state index is -0.974. The normalized spacial score (nSPS) is 29.5. The molecule has 2 N–H and O–H groups in total. The molecule has 2 heterocycles. The van der Waals surface area contributed by atoms with Crippen molar-refractivity contribution in [3.05, 3.63) is 47.7 Å². The van der Waals surface area contributed by atoms with Crippen molar-refractivity contribution in [1.29, 1.82) is 0 Å². The van der Waals surface area contributed by atoms with Gasteiger partial charge in [-0.2, -0.15) is 0 Å². The predicted molar refractivity (Wildman–Crippen MR) is 138 cm³/mol. The fourth-order valence-electron chi connectivity index (χ4n) is 4.06. The SMILES string of the molecule is C/C=C\c1coc(C)n1.CC1=C/C(C)CNC(=O)CC(O)C(C)(C)C(=O)C(C)CC(C)C\C=C\1. The lowest BCUT2D eigenvalue weighted by molar-refractivity contribution is -0.139. The van der Waals surface area contributed by atoms with Crippen LogP contribution >= 0.6 is 0 Å². The van der Waals surface area contributed by atoms with Crippen molar-refractivity contribution in [2.75, 3.05) is 6.54 Å². The van der Waals surface area contributed by atoms with Gasteiger partial charge in [0.2, 0.25) is 5.91 Å². The second-order valence-corrected chi connectivity index (χ2v) is 10.2. The molecule has 0 saturated heterocycles. The van der Waals surface area contributed by atoms with E-state index < -0.39 is 11.5 Å². The molecule has 1 aromatic rings. The topological polar surface area (TPSA) is 92.4 Å². The molecule has 0 bridgehead atoms. The summed E-state index contributed by atoms with van der Waals surface area (Å²) in [5.74, 6) is 0.995. The second-order valence-electron chi connectivity index (χ2n) is 10.2. The van der Waals surface area contributed by atoms with E-state index in [9.17, 15) is 14.7 Å². The summed E-state index contributed by atoms with van der Waals surface area (Å²) in [5.41, 5.74) is 1.13. The Balaban J connectivity index is 0.000000533. The zero-order valence-electron chi connectivity index (χ0n) is 22.2. The van der Waals surface area contributed by atoms with E-state index in [1.165, 1.54) is 5.57 Å². The van der Waals surface area contributed by atoms with Crippen molar-refractivity contribution in [3.8, 4) is 0 Å². The van der Waals surface area contributed by atoms with E-state index in [2.05, 4.69) is 49.3 Å². The van der Waals surface area contributed by atoms with Gasteiger partial charge in [0.05, 0.1) is 17.9 Å². The first-order chi connectivity index (χ1) is 15.9. The molecule has 6 heteroatoms. The molecule has 4 atom stereocenters. The van der Waals surface area contributed by atoms with Crippen molar-refractivity contribution in [2.45, 2.75) is 80.8 Å². The van der Waals surface area contributed by atoms with Crippen molar-refractivity contribution in [1.82, 2.24) is 10.3 Å². The fraction of sp³-hybridized carbons (Fsp3) is 0.607. The molecule has 0 spiro atoms. The summed E-state index contributed by atoms with van der Waals surface area (Å²) in [6.45, 7) is 16.0. The number of Topliss-reactive ketones (excluding diaryl/α,β-unsaturated/α-hetero) is 1. The average molecular weight is 473 g/mol. The Morgan fingerprint density at radius 3 is 2.47 bits per heavy atom. The van der Waals surface area contributed by atoms with Crippen LogP contribution < -0.4 is 5.32 Å². The van der Waals surface area contributed by atoms with Gasteiger partial charge in [-0.1, -0.05) is 64.5 Å². The summed E-state index contributed by atoms with van der Waals surface area (Å²) in [6.07, 6.45) is 12.6. The number of allylic oxidation sites excluding steroid dienone is 4. The van der Waals surface area contributed by atoms with Crippen molar-refractivity contribution in [2.24, 2.45) is 23.2 Å². The van der Waals surface area contributed by atoms with Gasteiger partial charge in [0, 0.05) is 19.4 Å². The van der Waals surface area contributed by atoms with Crippen LogP contribution in [0.2, 0.25) is 0 Å². The van der Waals surface area contributed by atoms with Crippen LogP contribution in [0, 0.1) is 30.1 Å². The van der Waals surface area contributed by atoms with Crippen molar-refractivity contribution < 1.29 is 19.1 Å². The number of aliphatic hydroxyl groups is 1. The highest BCUT2D eigenvalue weighted by Crippen LogP contribution is 2.31. The van der Waals surface area contributed by atoms with Gasteiger partial charge in [-0.05, 0) is 44.6 Å². The lowest BCUT2D eigenvalue weighted by Gasteiger charge is -2.32. The molecule has 1 amide bonds. The Bertz CT molecular complexity index is 879. The number of aryl methyl sites for hydroxylation is 1. The molecule has 2 rings (SSSR count). The molecule has 190 valence electrons. The molecule has 4 unspecified atom stereocenters. The number of ketones is 1. The summed E-state index contributed by atoms with van der Waals surface area (Å²) in [6, 6.07) is 0. The van der Waals surface area contributed by atoms with E-state index >= 15 is 0 Å². The molecule has 0 fully saturated rings. The standard InChI is InChI=1S/C21H35NO3.C7H9NO/c1-14-8-7-9-15(2)11-17(4)20(25)21(5,6)18(23)12-19(24)22-13-16(3)10-14;1-3-4-7-5-9-6(2)8-7/h7-8,10,15-18,23H,9,11-13H2,1-6H3,(H,22,24);3-5H,1-2H3/b8-7+,14-10-;4-3-. The lowest BCUT2D eigenvalue weighted by atomic mass is 9.74. The number of amides is 1. The Labute approximate surface area is 205 Å². The van der Waals surface area contributed by atoms with E-state index in [-0.39, 0.29) is 29.9 Å². The molecule has 0 saturated carbocycles. The molecule has 1 aromatic heterocycles. The summed E-state index contributed by atoms with van der Waals surface area (Å²) in [4.78, 5) is 29.0.